The van der Waals surface area contributed by atoms with E-state index in [1.165, 1.54) is 11.6 Å². The van der Waals surface area contributed by atoms with E-state index >= 15 is 0 Å². The van der Waals surface area contributed by atoms with Crippen molar-refractivity contribution >= 4 is 0 Å². The van der Waals surface area contributed by atoms with Gasteiger partial charge in [-0.3, -0.25) is 0 Å². The molecule has 2 rings (SSSR count). The van der Waals surface area contributed by atoms with Gasteiger partial charge in [-0.15, -0.1) is 0 Å². The summed E-state index contributed by atoms with van der Waals surface area (Å²) in [6.45, 7) is 7.34. The van der Waals surface area contributed by atoms with Crippen LogP contribution >= 0.6 is 0 Å². The Balaban J connectivity index is 0.000000412. The van der Waals surface area contributed by atoms with Crippen molar-refractivity contribution in [1.82, 2.24) is 0 Å². The van der Waals surface area contributed by atoms with Gasteiger partial charge in [-0.2, -0.15) is 8.78 Å². The van der Waals surface area contributed by atoms with Crippen LogP contribution in [-0.4, -0.2) is 6.61 Å². The van der Waals surface area contributed by atoms with E-state index in [0.717, 1.165) is 5.56 Å². The van der Waals surface area contributed by atoms with E-state index < -0.39 is 6.61 Å². The van der Waals surface area contributed by atoms with E-state index in [-0.39, 0.29) is 5.75 Å². The zero-order valence-electron chi connectivity index (χ0n) is 14.0. The standard InChI is InChI=1S/C10H12F2O.C7H8.C2H6/c1-7(2)8-4-3-5-9(6-8)13-10(11)12;1-7-5-3-2-4-6-7;1-2/h3-7,10H,1-2H3;2-6H,1H3;1-2H3. The van der Waals surface area contributed by atoms with Gasteiger partial charge in [0.25, 0.3) is 0 Å². The molecular weight excluding hydrogens is 282 g/mol. The van der Waals surface area contributed by atoms with Gasteiger partial charge in [-0.25, -0.2) is 0 Å². The molecule has 0 saturated heterocycles. The summed E-state index contributed by atoms with van der Waals surface area (Å²) >= 11 is 0. The molecule has 0 aliphatic carbocycles. The Morgan fingerprint density at radius 3 is 1.86 bits per heavy atom. The van der Waals surface area contributed by atoms with E-state index in [2.05, 4.69) is 23.8 Å². The van der Waals surface area contributed by atoms with Crippen molar-refractivity contribution in [3.63, 3.8) is 0 Å². The predicted octanol–water partition coefficient (Wildman–Crippen LogP) is 6.43. The summed E-state index contributed by atoms with van der Waals surface area (Å²) < 4.78 is 27.9. The number of hydrogen-bond acceptors (Lipinski definition) is 1. The number of benzene rings is 2. The van der Waals surface area contributed by atoms with Crippen molar-refractivity contribution in [3.05, 3.63) is 65.7 Å². The molecule has 2 aromatic rings. The number of ether oxygens (including phenoxy) is 1. The minimum Gasteiger partial charge on any atom is -0.435 e. The lowest BCUT2D eigenvalue weighted by atomic mass is 10.0. The summed E-state index contributed by atoms with van der Waals surface area (Å²) in [7, 11) is 0. The normalized spacial score (nSPS) is 9.50. The number of aryl methyl sites for hydroxylation is 1. The van der Waals surface area contributed by atoms with Gasteiger partial charge in [0.05, 0.1) is 0 Å². The third kappa shape index (κ3) is 9.11. The van der Waals surface area contributed by atoms with Crippen LogP contribution in [0.15, 0.2) is 54.6 Å². The Morgan fingerprint density at radius 2 is 1.45 bits per heavy atom. The highest BCUT2D eigenvalue weighted by Crippen LogP contribution is 2.21. The van der Waals surface area contributed by atoms with Crippen LogP contribution < -0.4 is 4.74 Å². The first-order chi connectivity index (χ1) is 10.5. The summed E-state index contributed by atoms with van der Waals surface area (Å²) in [5.41, 5.74) is 2.32. The van der Waals surface area contributed by atoms with Crippen molar-refractivity contribution in [2.75, 3.05) is 0 Å². The zero-order chi connectivity index (χ0) is 17.0. The SMILES string of the molecule is CC.CC(C)c1cccc(OC(F)F)c1.Cc1ccccc1. The summed E-state index contributed by atoms with van der Waals surface area (Å²) in [6, 6.07) is 17.0. The molecule has 0 amide bonds. The molecule has 22 heavy (non-hydrogen) atoms. The van der Waals surface area contributed by atoms with E-state index in [1.54, 1.807) is 12.1 Å². The van der Waals surface area contributed by atoms with Gasteiger partial charge in [0, 0.05) is 0 Å². The number of rotatable bonds is 3. The van der Waals surface area contributed by atoms with Gasteiger partial charge in [0.15, 0.2) is 0 Å². The first-order valence-corrected chi connectivity index (χ1v) is 7.55. The van der Waals surface area contributed by atoms with Crippen LogP contribution in [0.5, 0.6) is 5.75 Å². The zero-order valence-corrected chi connectivity index (χ0v) is 14.0. The predicted molar refractivity (Wildman–Crippen MR) is 89.7 cm³/mol. The van der Waals surface area contributed by atoms with Crippen LogP contribution in [0, 0.1) is 6.92 Å². The van der Waals surface area contributed by atoms with Crippen LogP contribution in [0.3, 0.4) is 0 Å². The molecule has 0 radical (unpaired) electrons. The molecular formula is C19H26F2O. The molecule has 1 nitrogen and oxygen atoms in total. The Labute approximate surface area is 132 Å². The lowest BCUT2D eigenvalue weighted by molar-refractivity contribution is -0.0498. The number of halogens is 2. The van der Waals surface area contributed by atoms with E-state index in [1.807, 2.05) is 52.0 Å². The molecule has 3 heteroatoms. The molecule has 0 saturated carbocycles. The minimum absolute atomic E-state index is 0.223. The van der Waals surface area contributed by atoms with Crippen LogP contribution in [0.1, 0.15) is 44.7 Å². The van der Waals surface area contributed by atoms with Crippen molar-refractivity contribution < 1.29 is 13.5 Å². The fraction of sp³-hybridized carbons (Fsp3) is 0.368. The number of hydrogen-bond donors (Lipinski definition) is 0. The molecule has 0 fully saturated rings. The van der Waals surface area contributed by atoms with Crippen LogP contribution in [0.2, 0.25) is 0 Å². The molecule has 0 atom stereocenters. The molecule has 0 aliphatic heterocycles. The van der Waals surface area contributed by atoms with Crippen molar-refractivity contribution in [3.8, 4) is 5.75 Å². The topological polar surface area (TPSA) is 9.23 Å². The quantitative estimate of drug-likeness (QED) is 0.634. The van der Waals surface area contributed by atoms with Gasteiger partial charge in [-0.05, 0) is 30.5 Å². The maximum absolute atomic E-state index is 11.8. The molecule has 0 aromatic heterocycles. The van der Waals surface area contributed by atoms with E-state index in [0.29, 0.717) is 5.92 Å². The highest BCUT2D eigenvalue weighted by molar-refractivity contribution is 5.30. The molecule has 2 aromatic carbocycles. The first kappa shape index (κ1) is 20.1. The monoisotopic (exact) mass is 308 g/mol. The van der Waals surface area contributed by atoms with E-state index in [4.69, 9.17) is 0 Å². The van der Waals surface area contributed by atoms with Crippen LogP contribution in [-0.2, 0) is 0 Å². The first-order valence-electron chi connectivity index (χ1n) is 7.55. The lowest BCUT2D eigenvalue weighted by Crippen LogP contribution is -2.02. The Kier molecular flexibility index (Phi) is 10.7. The fourth-order valence-corrected chi connectivity index (χ4v) is 1.58. The van der Waals surface area contributed by atoms with Gasteiger partial charge >= 0.3 is 6.61 Å². The molecule has 0 N–H and O–H groups in total. The second kappa shape index (κ2) is 11.7. The maximum Gasteiger partial charge on any atom is 0.387 e. The third-order valence-corrected chi connectivity index (χ3v) is 2.69. The summed E-state index contributed by atoms with van der Waals surface area (Å²) in [6.07, 6.45) is 0. The Morgan fingerprint density at radius 1 is 0.864 bits per heavy atom. The summed E-state index contributed by atoms with van der Waals surface area (Å²) in [4.78, 5) is 0. The van der Waals surface area contributed by atoms with Gasteiger partial charge in [0.1, 0.15) is 5.75 Å². The average molecular weight is 308 g/mol. The van der Waals surface area contributed by atoms with Crippen molar-refractivity contribution in [2.45, 2.75) is 47.1 Å². The second-order valence-corrected chi connectivity index (χ2v) is 4.76. The number of alkyl halides is 2. The average Bonchev–Trinajstić information content (AvgIpc) is 2.50. The Hall–Kier alpha value is -1.90. The maximum atomic E-state index is 11.8. The Bertz CT molecular complexity index is 496. The summed E-state index contributed by atoms with van der Waals surface area (Å²) in [5.74, 6) is 0.544. The summed E-state index contributed by atoms with van der Waals surface area (Å²) in [5, 5.41) is 0. The fourth-order valence-electron chi connectivity index (χ4n) is 1.58. The molecule has 0 spiro atoms. The van der Waals surface area contributed by atoms with Crippen molar-refractivity contribution in [1.29, 1.82) is 0 Å². The largest absolute Gasteiger partial charge is 0.435 e. The molecule has 0 heterocycles. The highest BCUT2D eigenvalue weighted by atomic mass is 19.3. The van der Waals surface area contributed by atoms with E-state index in [9.17, 15) is 8.78 Å². The smallest absolute Gasteiger partial charge is 0.387 e. The molecule has 122 valence electrons. The van der Waals surface area contributed by atoms with Crippen LogP contribution in [0.4, 0.5) is 8.78 Å². The van der Waals surface area contributed by atoms with Crippen molar-refractivity contribution in [2.24, 2.45) is 0 Å². The van der Waals surface area contributed by atoms with Crippen LogP contribution in [0.25, 0.3) is 0 Å². The molecule has 0 unspecified atom stereocenters. The van der Waals surface area contributed by atoms with Gasteiger partial charge in [0.2, 0.25) is 0 Å². The second-order valence-electron chi connectivity index (χ2n) is 4.76. The lowest BCUT2D eigenvalue weighted by Gasteiger charge is -2.08. The highest BCUT2D eigenvalue weighted by Gasteiger charge is 2.05. The minimum atomic E-state index is -2.75. The molecule has 0 aliphatic rings. The van der Waals surface area contributed by atoms with Gasteiger partial charge < -0.3 is 4.74 Å². The van der Waals surface area contributed by atoms with Gasteiger partial charge in [-0.1, -0.05) is 75.7 Å². The third-order valence-electron chi connectivity index (χ3n) is 2.69. The molecule has 0 bridgehead atoms.